The second kappa shape index (κ2) is 8.88. The van der Waals surface area contributed by atoms with E-state index in [1.165, 1.54) is 0 Å². The van der Waals surface area contributed by atoms with Crippen LogP contribution < -0.4 is 20.1 Å². The molecule has 2 N–H and O–H groups in total. The first-order chi connectivity index (χ1) is 11.6. The van der Waals surface area contributed by atoms with Crippen LogP contribution in [0.2, 0.25) is 0 Å². The molecule has 0 radical (unpaired) electrons. The van der Waals surface area contributed by atoms with E-state index in [1.54, 1.807) is 31.4 Å². The summed E-state index contributed by atoms with van der Waals surface area (Å²) in [6.07, 6.45) is 0. The van der Waals surface area contributed by atoms with Crippen molar-refractivity contribution in [2.75, 3.05) is 13.7 Å². The molecule has 0 fully saturated rings. The van der Waals surface area contributed by atoms with Gasteiger partial charge in [0, 0.05) is 12.1 Å². The van der Waals surface area contributed by atoms with Gasteiger partial charge in [0.2, 0.25) is 0 Å². The molecule has 0 unspecified atom stereocenters. The van der Waals surface area contributed by atoms with Crippen LogP contribution in [0.25, 0.3) is 0 Å². The molecule has 0 spiro atoms. The van der Waals surface area contributed by atoms with Crippen molar-refractivity contribution < 1.29 is 14.3 Å². The van der Waals surface area contributed by atoms with E-state index in [4.69, 9.17) is 21.7 Å². The lowest BCUT2D eigenvalue weighted by Gasteiger charge is -2.10. The molecule has 24 heavy (non-hydrogen) atoms. The zero-order chi connectivity index (χ0) is 17.4. The lowest BCUT2D eigenvalue weighted by molar-refractivity contribution is 0.0976. The van der Waals surface area contributed by atoms with Crippen molar-refractivity contribution in [3.8, 4) is 11.5 Å². The van der Waals surface area contributed by atoms with Gasteiger partial charge < -0.3 is 14.8 Å². The number of carbonyl (C=O) groups excluding carboxylic acids is 1. The number of methoxy groups -OCH3 is 1. The second-order valence-corrected chi connectivity index (χ2v) is 5.35. The molecule has 0 saturated heterocycles. The van der Waals surface area contributed by atoms with Gasteiger partial charge >= 0.3 is 0 Å². The Balaban J connectivity index is 1.83. The molecule has 0 bridgehead atoms. The summed E-state index contributed by atoms with van der Waals surface area (Å²) in [5.41, 5.74) is 1.56. The van der Waals surface area contributed by atoms with E-state index in [-0.39, 0.29) is 11.0 Å². The summed E-state index contributed by atoms with van der Waals surface area (Å²) >= 11 is 5.15. The molecule has 126 valence electrons. The second-order valence-electron chi connectivity index (χ2n) is 4.94. The van der Waals surface area contributed by atoms with Gasteiger partial charge in [-0.25, -0.2) is 0 Å². The fourth-order valence-electron chi connectivity index (χ4n) is 2.01. The average molecular weight is 344 g/mol. The third kappa shape index (κ3) is 5.24. The molecule has 2 rings (SSSR count). The highest BCUT2D eigenvalue weighted by Crippen LogP contribution is 2.12. The Morgan fingerprint density at radius 3 is 2.25 bits per heavy atom. The molecule has 0 aliphatic carbocycles. The molecule has 5 nitrogen and oxygen atoms in total. The Morgan fingerprint density at radius 1 is 1.04 bits per heavy atom. The van der Waals surface area contributed by atoms with Gasteiger partial charge in [-0.05, 0) is 61.1 Å². The highest BCUT2D eigenvalue weighted by molar-refractivity contribution is 7.80. The van der Waals surface area contributed by atoms with Crippen molar-refractivity contribution in [1.82, 2.24) is 10.6 Å². The summed E-state index contributed by atoms with van der Waals surface area (Å²) in [4.78, 5) is 12.1. The number of thiocarbonyl (C=S) groups is 1. The fourth-order valence-corrected chi connectivity index (χ4v) is 2.18. The Bertz CT molecular complexity index is 684. The lowest BCUT2D eigenvalue weighted by atomic mass is 10.2. The highest BCUT2D eigenvalue weighted by atomic mass is 32.1. The van der Waals surface area contributed by atoms with Crippen LogP contribution in [0.15, 0.2) is 48.5 Å². The molecule has 0 aliphatic rings. The molecule has 1 amide bonds. The number of benzene rings is 2. The summed E-state index contributed by atoms with van der Waals surface area (Å²) in [5.74, 6) is 1.27. The van der Waals surface area contributed by atoms with Crippen LogP contribution in [0.3, 0.4) is 0 Å². The number of carbonyl (C=O) groups is 1. The van der Waals surface area contributed by atoms with Gasteiger partial charge in [0.1, 0.15) is 11.5 Å². The van der Waals surface area contributed by atoms with Crippen molar-refractivity contribution in [1.29, 1.82) is 0 Å². The maximum absolute atomic E-state index is 12.1. The average Bonchev–Trinajstić information content (AvgIpc) is 2.61. The molecule has 2 aromatic rings. The van der Waals surface area contributed by atoms with Crippen LogP contribution in [0.4, 0.5) is 0 Å². The third-order valence-corrected chi connectivity index (χ3v) is 3.51. The first-order valence-corrected chi connectivity index (χ1v) is 7.98. The summed E-state index contributed by atoms with van der Waals surface area (Å²) in [6.45, 7) is 3.02. The van der Waals surface area contributed by atoms with E-state index >= 15 is 0 Å². The molecule has 2 aromatic carbocycles. The molecular formula is C18H20N2O3S. The SMILES string of the molecule is CCOc1ccc(C(=O)NC(=S)NCc2ccc(OC)cc2)cc1. The summed E-state index contributed by atoms with van der Waals surface area (Å²) in [6, 6.07) is 14.5. The Kier molecular flexibility index (Phi) is 6.57. The first-order valence-electron chi connectivity index (χ1n) is 7.57. The van der Waals surface area contributed by atoms with E-state index in [0.29, 0.717) is 18.7 Å². The number of nitrogens with one attached hydrogen (secondary N) is 2. The molecule has 0 aliphatic heterocycles. The summed E-state index contributed by atoms with van der Waals surface area (Å²) in [5, 5.41) is 5.94. The van der Waals surface area contributed by atoms with E-state index < -0.39 is 0 Å². The molecule has 0 heterocycles. The maximum atomic E-state index is 12.1. The molecule has 0 saturated carbocycles. The number of amides is 1. The van der Waals surface area contributed by atoms with Crippen molar-refractivity contribution in [3.63, 3.8) is 0 Å². The number of hydrogen-bond donors (Lipinski definition) is 2. The standard InChI is InChI=1S/C18H20N2O3S/c1-3-23-16-10-6-14(7-11-16)17(21)20-18(24)19-12-13-4-8-15(22-2)9-5-13/h4-11H,3,12H2,1-2H3,(H2,19,20,21,24). The van der Waals surface area contributed by atoms with Gasteiger partial charge in [0.15, 0.2) is 5.11 Å². The lowest BCUT2D eigenvalue weighted by Crippen LogP contribution is -2.38. The predicted molar refractivity (Wildman–Crippen MR) is 97.5 cm³/mol. The van der Waals surface area contributed by atoms with E-state index in [1.807, 2.05) is 31.2 Å². The molecule has 0 atom stereocenters. The Hall–Kier alpha value is -2.60. The summed E-state index contributed by atoms with van der Waals surface area (Å²) < 4.78 is 10.5. The largest absolute Gasteiger partial charge is 0.497 e. The zero-order valence-corrected chi connectivity index (χ0v) is 14.5. The quantitative estimate of drug-likeness (QED) is 0.789. The first kappa shape index (κ1) is 17.7. The predicted octanol–water partition coefficient (Wildman–Crippen LogP) is 2.90. The fraction of sp³-hybridized carbons (Fsp3) is 0.222. The molecular weight excluding hydrogens is 324 g/mol. The Labute approximate surface area is 147 Å². The molecule has 0 aromatic heterocycles. The molecule has 6 heteroatoms. The Morgan fingerprint density at radius 2 is 1.67 bits per heavy atom. The normalized spacial score (nSPS) is 9.92. The monoisotopic (exact) mass is 344 g/mol. The van der Waals surface area contributed by atoms with Crippen molar-refractivity contribution in [3.05, 3.63) is 59.7 Å². The van der Waals surface area contributed by atoms with Gasteiger partial charge in [-0.1, -0.05) is 12.1 Å². The topological polar surface area (TPSA) is 59.6 Å². The number of ether oxygens (including phenoxy) is 2. The van der Waals surface area contributed by atoms with Crippen LogP contribution in [-0.2, 0) is 6.54 Å². The van der Waals surface area contributed by atoms with E-state index in [2.05, 4.69) is 10.6 Å². The zero-order valence-electron chi connectivity index (χ0n) is 13.7. The maximum Gasteiger partial charge on any atom is 0.257 e. The van der Waals surface area contributed by atoms with Gasteiger partial charge in [-0.3, -0.25) is 10.1 Å². The smallest absolute Gasteiger partial charge is 0.257 e. The minimum absolute atomic E-state index is 0.259. The van der Waals surface area contributed by atoms with Gasteiger partial charge in [0.25, 0.3) is 5.91 Å². The number of rotatable bonds is 6. The van der Waals surface area contributed by atoms with Crippen LogP contribution in [-0.4, -0.2) is 24.7 Å². The van der Waals surface area contributed by atoms with Crippen LogP contribution in [0, 0.1) is 0 Å². The van der Waals surface area contributed by atoms with Crippen LogP contribution in [0.5, 0.6) is 11.5 Å². The third-order valence-electron chi connectivity index (χ3n) is 3.27. The van der Waals surface area contributed by atoms with Gasteiger partial charge in [0.05, 0.1) is 13.7 Å². The van der Waals surface area contributed by atoms with Crippen molar-refractivity contribution >= 4 is 23.2 Å². The number of hydrogen-bond acceptors (Lipinski definition) is 4. The minimum Gasteiger partial charge on any atom is -0.497 e. The van der Waals surface area contributed by atoms with Crippen LogP contribution >= 0.6 is 12.2 Å². The van der Waals surface area contributed by atoms with E-state index in [9.17, 15) is 4.79 Å². The van der Waals surface area contributed by atoms with Gasteiger partial charge in [-0.15, -0.1) is 0 Å². The van der Waals surface area contributed by atoms with Crippen molar-refractivity contribution in [2.24, 2.45) is 0 Å². The van der Waals surface area contributed by atoms with Gasteiger partial charge in [-0.2, -0.15) is 0 Å². The highest BCUT2D eigenvalue weighted by Gasteiger charge is 2.08. The van der Waals surface area contributed by atoms with Crippen molar-refractivity contribution in [2.45, 2.75) is 13.5 Å². The summed E-state index contributed by atoms with van der Waals surface area (Å²) in [7, 11) is 1.62. The van der Waals surface area contributed by atoms with E-state index in [0.717, 1.165) is 17.1 Å². The van der Waals surface area contributed by atoms with Crippen LogP contribution in [0.1, 0.15) is 22.8 Å². The minimum atomic E-state index is -0.259.